The second-order valence-electron chi connectivity index (χ2n) is 8.96. The van der Waals surface area contributed by atoms with Crippen molar-refractivity contribution in [1.82, 2.24) is 19.4 Å². The van der Waals surface area contributed by atoms with Gasteiger partial charge >= 0.3 is 0 Å². The van der Waals surface area contributed by atoms with Crippen LogP contribution in [0.15, 0.2) is 47.6 Å². The maximum atomic E-state index is 13.0. The minimum absolute atomic E-state index is 0.0481. The van der Waals surface area contributed by atoms with Crippen molar-refractivity contribution in [2.75, 3.05) is 18.6 Å². The number of nitrogens with one attached hydrogen (secondary N) is 2. The second kappa shape index (κ2) is 8.90. The summed E-state index contributed by atoms with van der Waals surface area (Å²) in [5.41, 5.74) is 7.44. The number of fused-ring (bicyclic) bond motifs is 1. The van der Waals surface area contributed by atoms with Gasteiger partial charge in [0.2, 0.25) is 0 Å². The molecule has 1 aliphatic carbocycles. The van der Waals surface area contributed by atoms with Gasteiger partial charge in [0.25, 0.3) is 10.0 Å². The number of ether oxygens (including phenoxy) is 2. The van der Waals surface area contributed by atoms with E-state index in [2.05, 4.69) is 27.7 Å². The standard InChI is InChI=1S/C23H29N5O5S/c1-3-16-12-23(32-10-11-33-23)13-18(16)22(29)27-26-20-14-24-21-19(25-20)8-9-28(21)34(30,31)17-6-4-15(2)5-7-17/h4-9,14,16,18,22,27,29H,3,10-13H2,1-2H3,(H,25,26). The van der Waals surface area contributed by atoms with E-state index < -0.39 is 22.0 Å². The highest BCUT2D eigenvalue weighted by molar-refractivity contribution is 7.90. The van der Waals surface area contributed by atoms with Crippen LogP contribution >= 0.6 is 0 Å². The van der Waals surface area contributed by atoms with Crippen molar-refractivity contribution in [3.8, 4) is 0 Å². The van der Waals surface area contributed by atoms with Crippen LogP contribution in [0.3, 0.4) is 0 Å². The van der Waals surface area contributed by atoms with Crippen LogP contribution in [0.5, 0.6) is 0 Å². The Kier molecular flexibility index (Phi) is 6.07. The molecule has 1 aromatic carbocycles. The molecular weight excluding hydrogens is 458 g/mol. The van der Waals surface area contributed by atoms with Crippen LogP contribution in [0.2, 0.25) is 0 Å². The van der Waals surface area contributed by atoms with E-state index in [0.29, 0.717) is 31.0 Å². The van der Waals surface area contributed by atoms with Crippen LogP contribution in [0.4, 0.5) is 5.82 Å². The topological polar surface area (TPSA) is 128 Å². The Balaban J connectivity index is 1.30. The van der Waals surface area contributed by atoms with Crippen LogP contribution in [0.1, 0.15) is 31.7 Å². The molecule has 2 aromatic heterocycles. The van der Waals surface area contributed by atoms with Crippen molar-refractivity contribution in [3.05, 3.63) is 48.3 Å². The van der Waals surface area contributed by atoms with Gasteiger partial charge in [-0.3, -0.25) is 0 Å². The van der Waals surface area contributed by atoms with Crippen molar-refractivity contribution in [3.63, 3.8) is 0 Å². The number of rotatable bonds is 7. The van der Waals surface area contributed by atoms with Crippen molar-refractivity contribution < 1.29 is 23.0 Å². The first-order valence-corrected chi connectivity index (χ1v) is 12.9. The van der Waals surface area contributed by atoms with Gasteiger partial charge in [0.05, 0.1) is 24.3 Å². The predicted octanol–water partition coefficient (Wildman–Crippen LogP) is 2.39. The molecule has 1 saturated heterocycles. The lowest BCUT2D eigenvalue weighted by atomic mass is 9.92. The largest absolute Gasteiger partial charge is 0.377 e. The third-order valence-electron chi connectivity index (χ3n) is 6.75. The van der Waals surface area contributed by atoms with Gasteiger partial charge in [-0.05, 0) is 31.0 Å². The van der Waals surface area contributed by atoms with Crippen LogP contribution in [0.25, 0.3) is 11.2 Å². The zero-order valence-corrected chi connectivity index (χ0v) is 20.0. The zero-order valence-electron chi connectivity index (χ0n) is 19.1. The molecule has 0 bridgehead atoms. The average molecular weight is 488 g/mol. The molecule has 0 amide bonds. The van der Waals surface area contributed by atoms with E-state index in [-0.39, 0.29) is 22.4 Å². The molecule has 3 unspecified atom stereocenters. The van der Waals surface area contributed by atoms with E-state index in [1.165, 1.54) is 12.4 Å². The Hall–Kier alpha value is -2.57. The van der Waals surface area contributed by atoms with Gasteiger partial charge in [-0.25, -0.2) is 27.8 Å². The summed E-state index contributed by atoms with van der Waals surface area (Å²) >= 11 is 0. The quantitative estimate of drug-likeness (QED) is 0.340. The molecule has 5 rings (SSSR count). The number of nitrogens with zero attached hydrogens (tertiary/aromatic N) is 3. The molecule has 3 aromatic rings. The summed E-state index contributed by atoms with van der Waals surface area (Å²) < 4.78 is 38.9. The number of anilines is 1. The summed E-state index contributed by atoms with van der Waals surface area (Å²) in [5.74, 6) is -0.00497. The molecule has 3 heterocycles. The molecule has 1 saturated carbocycles. The minimum atomic E-state index is -3.79. The molecule has 1 aliphatic heterocycles. The zero-order chi connectivity index (χ0) is 23.9. The molecule has 34 heavy (non-hydrogen) atoms. The molecule has 3 atom stereocenters. The molecule has 2 fully saturated rings. The van der Waals surface area contributed by atoms with Crippen molar-refractivity contribution in [2.24, 2.45) is 11.8 Å². The highest BCUT2D eigenvalue weighted by Gasteiger charge is 2.50. The SMILES string of the molecule is CCC1CC2(CC1C(O)NNc1cnc3c(ccn3S(=O)(=O)c3ccc(C)cc3)n1)OCCO2. The van der Waals surface area contributed by atoms with Gasteiger partial charge in [-0.15, -0.1) is 0 Å². The van der Waals surface area contributed by atoms with Crippen molar-refractivity contribution in [2.45, 2.75) is 50.0 Å². The van der Waals surface area contributed by atoms with Gasteiger partial charge in [-0.2, -0.15) is 0 Å². The average Bonchev–Trinajstić information content (AvgIpc) is 3.56. The van der Waals surface area contributed by atoms with Crippen molar-refractivity contribution >= 4 is 27.0 Å². The Morgan fingerprint density at radius 3 is 2.65 bits per heavy atom. The summed E-state index contributed by atoms with van der Waals surface area (Å²) in [7, 11) is -3.79. The fourth-order valence-corrected chi connectivity index (χ4v) is 6.23. The normalized spacial score (nSPS) is 23.0. The highest BCUT2D eigenvalue weighted by atomic mass is 32.2. The summed E-state index contributed by atoms with van der Waals surface area (Å²) in [5, 5.41) is 10.8. The minimum Gasteiger partial charge on any atom is -0.377 e. The monoisotopic (exact) mass is 487 g/mol. The predicted molar refractivity (Wildman–Crippen MR) is 125 cm³/mol. The van der Waals surface area contributed by atoms with E-state index in [4.69, 9.17) is 9.47 Å². The Labute approximate surface area is 198 Å². The van der Waals surface area contributed by atoms with Crippen LogP contribution < -0.4 is 10.9 Å². The first-order chi connectivity index (χ1) is 16.3. The number of aryl methyl sites for hydroxylation is 1. The summed E-state index contributed by atoms with van der Waals surface area (Å²) in [4.78, 5) is 8.94. The number of aliphatic hydroxyl groups is 1. The molecule has 3 N–H and O–H groups in total. The van der Waals surface area contributed by atoms with Gasteiger partial charge in [0.1, 0.15) is 11.7 Å². The lowest BCUT2D eigenvalue weighted by Crippen LogP contribution is -2.41. The lowest BCUT2D eigenvalue weighted by Gasteiger charge is -2.25. The Morgan fingerprint density at radius 1 is 1.21 bits per heavy atom. The summed E-state index contributed by atoms with van der Waals surface area (Å²) in [6, 6.07) is 8.25. The van der Waals surface area contributed by atoms with Gasteiger partial charge in [0.15, 0.2) is 17.3 Å². The van der Waals surface area contributed by atoms with E-state index in [0.717, 1.165) is 22.4 Å². The lowest BCUT2D eigenvalue weighted by molar-refractivity contribution is -0.156. The second-order valence-corrected chi connectivity index (χ2v) is 10.8. The summed E-state index contributed by atoms with van der Waals surface area (Å²) in [6.07, 6.45) is 4.32. The first-order valence-electron chi connectivity index (χ1n) is 11.5. The number of aliphatic hydroxyl groups excluding tert-OH is 1. The number of hydrogen-bond acceptors (Lipinski definition) is 9. The number of hydrazine groups is 1. The first kappa shape index (κ1) is 23.2. The maximum absolute atomic E-state index is 13.0. The molecule has 11 heteroatoms. The molecule has 10 nitrogen and oxygen atoms in total. The van der Waals surface area contributed by atoms with E-state index >= 15 is 0 Å². The van der Waals surface area contributed by atoms with E-state index in [1.807, 2.05) is 6.92 Å². The van der Waals surface area contributed by atoms with Crippen LogP contribution in [-0.4, -0.2) is 52.7 Å². The van der Waals surface area contributed by atoms with Gasteiger partial charge < -0.3 is 20.0 Å². The molecule has 2 aliphatic rings. The third kappa shape index (κ3) is 4.18. The summed E-state index contributed by atoms with van der Waals surface area (Å²) in [6.45, 7) is 5.16. The molecule has 182 valence electrons. The van der Waals surface area contributed by atoms with Crippen LogP contribution in [0, 0.1) is 18.8 Å². The van der Waals surface area contributed by atoms with Crippen molar-refractivity contribution in [1.29, 1.82) is 0 Å². The number of aromatic nitrogens is 3. The third-order valence-corrected chi connectivity index (χ3v) is 8.43. The van der Waals surface area contributed by atoms with Gasteiger partial charge in [-0.1, -0.05) is 31.0 Å². The maximum Gasteiger partial charge on any atom is 0.269 e. The van der Waals surface area contributed by atoms with E-state index in [1.54, 1.807) is 30.3 Å². The van der Waals surface area contributed by atoms with Gasteiger partial charge in [0, 0.05) is 25.0 Å². The number of hydrogen-bond donors (Lipinski definition) is 3. The molecule has 1 spiro atoms. The fourth-order valence-electron chi connectivity index (χ4n) is 4.93. The van der Waals surface area contributed by atoms with Crippen LogP contribution in [-0.2, 0) is 19.5 Å². The molecule has 0 radical (unpaired) electrons. The smallest absolute Gasteiger partial charge is 0.269 e. The Bertz CT molecular complexity index is 1270. The molecular formula is C23H29N5O5S. The highest BCUT2D eigenvalue weighted by Crippen LogP contribution is 2.46. The Morgan fingerprint density at radius 2 is 1.94 bits per heavy atom. The van der Waals surface area contributed by atoms with E-state index in [9.17, 15) is 13.5 Å². The fraction of sp³-hybridized carbons (Fsp3) is 0.478. The number of benzene rings is 1.